The van der Waals surface area contributed by atoms with Gasteiger partial charge in [-0.1, -0.05) is 6.07 Å². The van der Waals surface area contributed by atoms with Crippen molar-refractivity contribution in [2.45, 2.75) is 0 Å². The third-order valence-corrected chi connectivity index (χ3v) is 4.07. The highest BCUT2D eigenvalue weighted by Gasteiger charge is 2.12. The number of methoxy groups -OCH3 is 1. The molecule has 3 aromatic heterocycles. The van der Waals surface area contributed by atoms with Crippen LogP contribution in [0, 0.1) is 0 Å². The fourth-order valence-corrected chi connectivity index (χ4v) is 2.90. The van der Waals surface area contributed by atoms with E-state index in [1.807, 2.05) is 48.3 Å². The maximum Gasteiger partial charge on any atom is 0.212 e. The highest BCUT2D eigenvalue weighted by Crippen LogP contribution is 2.31. The Labute approximate surface area is 139 Å². The molecule has 0 spiro atoms. The Morgan fingerprint density at radius 1 is 0.917 bits per heavy atom. The summed E-state index contributed by atoms with van der Waals surface area (Å²) < 4.78 is 7.04. The van der Waals surface area contributed by atoms with Gasteiger partial charge in [-0.25, -0.2) is 4.98 Å². The summed E-state index contributed by atoms with van der Waals surface area (Å²) in [5.74, 6) is 0.610. The Morgan fingerprint density at radius 2 is 1.71 bits per heavy atom. The molecule has 0 aliphatic rings. The number of aryl methyl sites for hydroxylation is 1. The molecule has 0 saturated heterocycles. The molecule has 4 rings (SSSR count). The van der Waals surface area contributed by atoms with E-state index in [0.29, 0.717) is 5.88 Å². The lowest BCUT2D eigenvalue weighted by Crippen LogP contribution is -1.93. The minimum absolute atomic E-state index is 0.610. The van der Waals surface area contributed by atoms with Crippen LogP contribution in [0.25, 0.3) is 33.3 Å². The van der Waals surface area contributed by atoms with Gasteiger partial charge in [0, 0.05) is 48.2 Å². The smallest absolute Gasteiger partial charge is 0.212 e. The zero-order chi connectivity index (χ0) is 16.5. The summed E-state index contributed by atoms with van der Waals surface area (Å²) in [7, 11) is 3.58. The van der Waals surface area contributed by atoms with Gasteiger partial charge in [0.05, 0.1) is 18.3 Å². The Hall–Kier alpha value is -3.21. The summed E-state index contributed by atoms with van der Waals surface area (Å²) in [5.41, 5.74) is 5.29. The average molecular weight is 316 g/mol. The Balaban J connectivity index is 1.88. The second kappa shape index (κ2) is 5.77. The molecule has 24 heavy (non-hydrogen) atoms. The van der Waals surface area contributed by atoms with Crippen molar-refractivity contribution >= 4 is 10.9 Å². The number of benzene rings is 1. The summed E-state index contributed by atoms with van der Waals surface area (Å²) in [4.78, 5) is 8.38. The number of rotatable bonds is 3. The number of pyridine rings is 2. The molecule has 0 N–H and O–H groups in total. The van der Waals surface area contributed by atoms with Crippen molar-refractivity contribution in [2.24, 2.45) is 7.05 Å². The summed E-state index contributed by atoms with van der Waals surface area (Å²) in [6, 6.07) is 14.1. The molecule has 1 aromatic carbocycles. The van der Waals surface area contributed by atoms with Crippen molar-refractivity contribution in [3.05, 3.63) is 61.1 Å². The van der Waals surface area contributed by atoms with E-state index < -0.39 is 0 Å². The van der Waals surface area contributed by atoms with Gasteiger partial charge in [0.25, 0.3) is 0 Å². The molecule has 3 heterocycles. The van der Waals surface area contributed by atoms with Gasteiger partial charge in [-0.05, 0) is 35.9 Å². The molecule has 0 radical (unpaired) electrons. The molecule has 4 aromatic rings. The van der Waals surface area contributed by atoms with Crippen molar-refractivity contribution in [3.63, 3.8) is 0 Å². The fourth-order valence-electron chi connectivity index (χ4n) is 2.90. The van der Waals surface area contributed by atoms with Crippen LogP contribution in [0.15, 0.2) is 61.1 Å². The summed E-state index contributed by atoms with van der Waals surface area (Å²) in [6.07, 6.45) is 5.42. The van der Waals surface area contributed by atoms with Gasteiger partial charge in [-0.2, -0.15) is 5.10 Å². The van der Waals surface area contributed by atoms with E-state index in [4.69, 9.17) is 4.74 Å². The highest BCUT2D eigenvalue weighted by atomic mass is 16.5. The maximum atomic E-state index is 5.13. The molecule has 0 saturated carbocycles. The van der Waals surface area contributed by atoms with Crippen LogP contribution in [0.2, 0.25) is 0 Å². The first-order chi connectivity index (χ1) is 11.8. The summed E-state index contributed by atoms with van der Waals surface area (Å²) >= 11 is 0. The predicted molar refractivity (Wildman–Crippen MR) is 93.7 cm³/mol. The SMILES string of the molecule is COc1ccc(-c2ccc3nn(C)c(-c4ccncc4)c3c2)cn1. The lowest BCUT2D eigenvalue weighted by Gasteiger charge is -2.05. The zero-order valence-corrected chi connectivity index (χ0v) is 13.5. The van der Waals surface area contributed by atoms with Crippen LogP contribution in [0.5, 0.6) is 5.88 Å². The van der Waals surface area contributed by atoms with Crippen LogP contribution in [0.3, 0.4) is 0 Å². The monoisotopic (exact) mass is 316 g/mol. The molecule has 0 aliphatic heterocycles. The van der Waals surface area contributed by atoms with Crippen LogP contribution in [-0.4, -0.2) is 26.9 Å². The maximum absolute atomic E-state index is 5.13. The fraction of sp³-hybridized carbons (Fsp3) is 0.105. The van der Waals surface area contributed by atoms with Gasteiger partial charge in [-0.3, -0.25) is 9.67 Å². The van der Waals surface area contributed by atoms with E-state index in [1.165, 1.54) is 0 Å². The largest absolute Gasteiger partial charge is 0.481 e. The second-order valence-corrected chi connectivity index (χ2v) is 5.53. The summed E-state index contributed by atoms with van der Waals surface area (Å²) in [6.45, 7) is 0. The predicted octanol–water partition coefficient (Wildman–Crippen LogP) is 3.71. The van der Waals surface area contributed by atoms with Crippen LogP contribution in [-0.2, 0) is 7.05 Å². The molecular formula is C19H16N4O. The molecule has 0 aliphatic carbocycles. The molecule has 118 valence electrons. The minimum atomic E-state index is 0.610. The van der Waals surface area contributed by atoms with E-state index >= 15 is 0 Å². The number of hydrogen-bond acceptors (Lipinski definition) is 4. The number of ether oxygens (including phenoxy) is 1. The molecule has 0 unspecified atom stereocenters. The Bertz CT molecular complexity index is 991. The zero-order valence-electron chi connectivity index (χ0n) is 13.5. The number of aromatic nitrogens is 4. The van der Waals surface area contributed by atoms with Gasteiger partial charge >= 0.3 is 0 Å². The minimum Gasteiger partial charge on any atom is -0.481 e. The molecule has 0 fully saturated rings. The standard InChI is InChI=1S/C19H16N4O/c1-23-19(13-7-9-20-10-8-13)16-11-14(3-5-17(16)22-23)15-4-6-18(24-2)21-12-15/h3-12H,1-2H3. The lowest BCUT2D eigenvalue weighted by atomic mass is 10.0. The van der Waals surface area contributed by atoms with E-state index in [0.717, 1.165) is 33.3 Å². The van der Waals surface area contributed by atoms with Gasteiger partial charge < -0.3 is 4.74 Å². The third kappa shape index (κ3) is 2.40. The first-order valence-electron chi connectivity index (χ1n) is 7.64. The lowest BCUT2D eigenvalue weighted by molar-refractivity contribution is 0.398. The molecule has 0 atom stereocenters. The summed E-state index contributed by atoms with van der Waals surface area (Å²) in [5, 5.41) is 5.72. The second-order valence-electron chi connectivity index (χ2n) is 5.53. The Morgan fingerprint density at radius 3 is 2.42 bits per heavy atom. The van der Waals surface area contributed by atoms with Crippen LogP contribution in [0.4, 0.5) is 0 Å². The number of nitrogens with zero attached hydrogens (tertiary/aromatic N) is 4. The van der Waals surface area contributed by atoms with Crippen molar-refractivity contribution in [2.75, 3.05) is 7.11 Å². The van der Waals surface area contributed by atoms with Crippen molar-refractivity contribution in [1.82, 2.24) is 19.7 Å². The highest BCUT2D eigenvalue weighted by molar-refractivity contribution is 5.95. The molecule has 0 bridgehead atoms. The number of fused-ring (bicyclic) bond motifs is 1. The Kier molecular flexibility index (Phi) is 3.46. The molecular weight excluding hydrogens is 300 g/mol. The van der Waals surface area contributed by atoms with Crippen LogP contribution in [0.1, 0.15) is 0 Å². The van der Waals surface area contributed by atoms with E-state index in [9.17, 15) is 0 Å². The quantitative estimate of drug-likeness (QED) is 0.578. The first-order valence-corrected chi connectivity index (χ1v) is 7.64. The molecule has 0 amide bonds. The van der Waals surface area contributed by atoms with Gasteiger partial charge in [0.1, 0.15) is 0 Å². The normalized spacial score (nSPS) is 10.9. The van der Waals surface area contributed by atoms with Crippen molar-refractivity contribution in [1.29, 1.82) is 0 Å². The van der Waals surface area contributed by atoms with E-state index in [-0.39, 0.29) is 0 Å². The first kappa shape index (κ1) is 14.4. The van der Waals surface area contributed by atoms with Gasteiger partial charge in [0.15, 0.2) is 0 Å². The van der Waals surface area contributed by atoms with Crippen molar-refractivity contribution < 1.29 is 4.74 Å². The number of hydrogen-bond donors (Lipinski definition) is 0. The van der Waals surface area contributed by atoms with E-state index in [2.05, 4.69) is 27.2 Å². The van der Waals surface area contributed by atoms with Crippen molar-refractivity contribution in [3.8, 4) is 28.3 Å². The van der Waals surface area contributed by atoms with Crippen LogP contribution >= 0.6 is 0 Å². The molecule has 5 nitrogen and oxygen atoms in total. The topological polar surface area (TPSA) is 52.8 Å². The van der Waals surface area contributed by atoms with Crippen LogP contribution < -0.4 is 4.74 Å². The molecule has 5 heteroatoms. The average Bonchev–Trinajstić information content (AvgIpc) is 2.97. The van der Waals surface area contributed by atoms with Gasteiger partial charge in [0.2, 0.25) is 5.88 Å². The van der Waals surface area contributed by atoms with Gasteiger partial charge in [-0.15, -0.1) is 0 Å². The third-order valence-electron chi connectivity index (χ3n) is 4.07. The van der Waals surface area contributed by atoms with E-state index in [1.54, 1.807) is 19.5 Å².